The Balaban J connectivity index is 1.55. The number of carbonyl (C=O) groups excluding carboxylic acids is 1. The van der Waals surface area contributed by atoms with Crippen molar-refractivity contribution in [2.45, 2.75) is 25.3 Å². The fourth-order valence-corrected chi connectivity index (χ4v) is 6.09. The van der Waals surface area contributed by atoms with E-state index in [4.69, 9.17) is 0 Å². The lowest BCUT2D eigenvalue weighted by atomic mass is 10.1. The average Bonchev–Trinajstić information content (AvgIpc) is 3.34. The smallest absolute Gasteiger partial charge is 0.254 e. The number of rotatable bonds is 3. The van der Waals surface area contributed by atoms with E-state index in [9.17, 15) is 13.2 Å². The fourth-order valence-electron chi connectivity index (χ4n) is 3.65. The standard InChI is InChI=1S/C18H20N2O3S2/c21-18(19-10-1-4-16(19)17-5-2-12-24-17)14-6-8-15(9-7-14)20-11-3-13-25(20,22)23/h2,5-9,12,16H,1,3-4,10-11,13H2/t16-/m1/s1. The van der Waals surface area contributed by atoms with E-state index in [0.717, 1.165) is 19.4 Å². The van der Waals surface area contributed by atoms with Crippen molar-refractivity contribution in [1.29, 1.82) is 0 Å². The van der Waals surface area contributed by atoms with Gasteiger partial charge in [0.25, 0.3) is 5.91 Å². The number of anilines is 1. The lowest BCUT2D eigenvalue weighted by molar-refractivity contribution is 0.0738. The highest BCUT2D eigenvalue weighted by Crippen LogP contribution is 2.35. The number of carbonyl (C=O) groups is 1. The van der Waals surface area contributed by atoms with Crippen molar-refractivity contribution in [1.82, 2.24) is 4.90 Å². The van der Waals surface area contributed by atoms with E-state index in [1.54, 1.807) is 35.6 Å². The molecule has 0 spiro atoms. The minimum absolute atomic E-state index is 0.0201. The van der Waals surface area contributed by atoms with Crippen LogP contribution in [0.25, 0.3) is 0 Å². The topological polar surface area (TPSA) is 57.7 Å². The highest BCUT2D eigenvalue weighted by Gasteiger charge is 2.32. The molecule has 0 aliphatic carbocycles. The molecule has 2 saturated heterocycles. The zero-order valence-electron chi connectivity index (χ0n) is 13.8. The predicted octanol–water partition coefficient (Wildman–Crippen LogP) is 3.27. The van der Waals surface area contributed by atoms with Gasteiger partial charge in [0.05, 0.1) is 17.5 Å². The summed E-state index contributed by atoms with van der Waals surface area (Å²) in [5.74, 6) is 0.218. The summed E-state index contributed by atoms with van der Waals surface area (Å²) >= 11 is 1.69. The van der Waals surface area contributed by atoms with E-state index in [-0.39, 0.29) is 17.7 Å². The number of likely N-dealkylation sites (tertiary alicyclic amines) is 1. The molecular weight excluding hydrogens is 356 g/mol. The summed E-state index contributed by atoms with van der Waals surface area (Å²) in [5.41, 5.74) is 1.26. The van der Waals surface area contributed by atoms with Gasteiger partial charge in [-0.1, -0.05) is 6.07 Å². The monoisotopic (exact) mass is 376 g/mol. The lowest BCUT2D eigenvalue weighted by Gasteiger charge is -2.24. The summed E-state index contributed by atoms with van der Waals surface area (Å²) in [6.45, 7) is 1.28. The minimum atomic E-state index is -3.19. The van der Waals surface area contributed by atoms with E-state index in [1.807, 2.05) is 16.3 Å². The Morgan fingerprint density at radius 1 is 1.08 bits per heavy atom. The molecule has 1 aromatic heterocycles. The van der Waals surface area contributed by atoms with Crippen molar-refractivity contribution < 1.29 is 13.2 Å². The van der Waals surface area contributed by atoms with Gasteiger partial charge in [0.1, 0.15) is 0 Å². The molecule has 4 rings (SSSR count). The summed E-state index contributed by atoms with van der Waals surface area (Å²) in [4.78, 5) is 16.1. The molecule has 7 heteroatoms. The van der Waals surface area contributed by atoms with Crippen molar-refractivity contribution in [2.75, 3.05) is 23.1 Å². The highest BCUT2D eigenvalue weighted by atomic mass is 32.2. The summed E-state index contributed by atoms with van der Waals surface area (Å²) < 4.78 is 25.5. The Morgan fingerprint density at radius 3 is 2.52 bits per heavy atom. The van der Waals surface area contributed by atoms with Gasteiger partial charge < -0.3 is 4.90 Å². The van der Waals surface area contributed by atoms with Gasteiger partial charge in [-0.2, -0.15) is 0 Å². The van der Waals surface area contributed by atoms with Crippen LogP contribution in [0, 0.1) is 0 Å². The molecule has 0 N–H and O–H groups in total. The lowest BCUT2D eigenvalue weighted by Crippen LogP contribution is -2.30. The van der Waals surface area contributed by atoms with Gasteiger partial charge >= 0.3 is 0 Å². The van der Waals surface area contributed by atoms with Gasteiger partial charge in [-0.05, 0) is 55.0 Å². The molecule has 3 heterocycles. The second kappa shape index (κ2) is 6.46. The maximum Gasteiger partial charge on any atom is 0.254 e. The van der Waals surface area contributed by atoms with Crippen LogP contribution < -0.4 is 4.31 Å². The van der Waals surface area contributed by atoms with Crippen LogP contribution in [-0.2, 0) is 10.0 Å². The van der Waals surface area contributed by atoms with E-state index in [0.29, 0.717) is 24.2 Å². The highest BCUT2D eigenvalue weighted by molar-refractivity contribution is 7.93. The molecule has 2 aliphatic heterocycles. The van der Waals surface area contributed by atoms with Gasteiger partial charge in [-0.15, -0.1) is 11.3 Å². The van der Waals surface area contributed by atoms with Crippen LogP contribution in [0.3, 0.4) is 0 Å². The Labute approximate surface area is 151 Å². The van der Waals surface area contributed by atoms with Crippen LogP contribution in [0.5, 0.6) is 0 Å². The molecule has 0 bridgehead atoms. The summed E-state index contributed by atoms with van der Waals surface area (Å²) in [7, 11) is -3.19. The molecule has 2 fully saturated rings. The van der Waals surface area contributed by atoms with E-state index in [2.05, 4.69) is 6.07 Å². The Morgan fingerprint density at radius 2 is 1.88 bits per heavy atom. The van der Waals surface area contributed by atoms with Crippen LogP contribution in [0.1, 0.15) is 40.5 Å². The number of thiophene rings is 1. The molecule has 5 nitrogen and oxygen atoms in total. The van der Waals surface area contributed by atoms with Crippen LogP contribution in [-0.4, -0.2) is 38.1 Å². The SMILES string of the molecule is O=C(c1ccc(N2CCCS2(=O)=O)cc1)N1CCC[C@@H]1c1cccs1. The van der Waals surface area contributed by atoms with Gasteiger partial charge in [0, 0.05) is 23.5 Å². The summed E-state index contributed by atoms with van der Waals surface area (Å²) in [5, 5.41) is 2.04. The number of amides is 1. The normalized spacial score (nSPS) is 22.5. The first-order valence-electron chi connectivity index (χ1n) is 8.51. The van der Waals surface area contributed by atoms with Gasteiger partial charge in [-0.25, -0.2) is 8.42 Å². The maximum absolute atomic E-state index is 12.9. The number of benzene rings is 1. The van der Waals surface area contributed by atoms with E-state index >= 15 is 0 Å². The number of nitrogens with zero attached hydrogens (tertiary/aromatic N) is 2. The van der Waals surface area contributed by atoms with Gasteiger partial charge in [-0.3, -0.25) is 9.10 Å². The van der Waals surface area contributed by atoms with Gasteiger partial charge in [0.2, 0.25) is 10.0 Å². The number of hydrogen-bond acceptors (Lipinski definition) is 4. The van der Waals surface area contributed by atoms with Crippen molar-refractivity contribution >= 4 is 33.0 Å². The second-order valence-electron chi connectivity index (χ2n) is 6.46. The summed E-state index contributed by atoms with van der Waals surface area (Å²) in [6, 6.07) is 11.2. The fraction of sp³-hybridized carbons (Fsp3) is 0.389. The largest absolute Gasteiger partial charge is 0.331 e. The predicted molar refractivity (Wildman–Crippen MR) is 99.5 cm³/mol. The molecule has 25 heavy (non-hydrogen) atoms. The zero-order chi connectivity index (χ0) is 17.4. The third-order valence-electron chi connectivity index (χ3n) is 4.89. The van der Waals surface area contributed by atoms with Crippen molar-refractivity contribution in [2.24, 2.45) is 0 Å². The second-order valence-corrected chi connectivity index (χ2v) is 9.45. The molecule has 2 aromatic rings. The molecule has 1 aromatic carbocycles. The zero-order valence-corrected chi connectivity index (χ0v) is 15.4. The van der Waals surface area contributed by atoms with Crippen LogP contribution in [0.4, 0.5) is 5.69 Å². The molecule has 132 valence electrons. The molecule has 1 atom stereocenters. The third kappa shape index (κ3) is 3.06. The van der Waals surface area contributed by atoms with Crippen LogP contribution in [0.2, 0.25) is 0 Å². The molecule has 0 saturated carbocycles. The van der Waals surface area contributed by atoms with E-state index in [1.165, 1.54) is 9.18 Å². The Hall–Kier alpha value is -1.86. The van der Waals surface area contributed by atoms with Crippen molar-refractivity contribution in [3.05, 3.63) is 52.2 Å². The van der Waals surface area contributed by atoms with Crippen molar-refractivity contribution in [3.63, 3.8) is 0 Å². The quantitative estimate of drug-likeness (QED) is 0.826. The number of hydrogen-bond donors (Lipinski definition) is 0. The van der Waals surface area contributed by atoms with Gasteiger partial charge in [0.15, 0.2) is 0 Å². The van der Waals surface area contributed by atoms with E-state index < -0.39 is 10.0 Å². The Bertz CT molecular complexity index is 860. The van der Waals surface area contributed by atoms with Crippen LogP contribution >= 0.6 is 11.3 Å². The molecule has 2 aliphatic rings. The summed E-state index contributed by atoms with van der Waals surface area (Å²) in [6.07, 6.45) is 2.66. The molecule has 0 radical (unpaired) electrons. The number of sulfonamides is 1. The van der Waals surface area contributed by atoms with Crippen molar-refractivity contribution in [3.8, 4) is 0 Å². The third-order valence-corrected chi connectivity index (χ3v) is 7.73. The minimum Gasteiger partial charge on any atom is -0.331 e. The Kier molecular flexibility index (Phi) is 4.29. The first-order valence-corrected chi connectivity index (χ1v) is 11.0. The first-order chi connectivity index (χ1) is 12.1. The maximum atomic E-state index is 12.9. The van der Waals surface area contributed by atoms with Crippen LogP contribution in [0.15, 0.2) is 41.8 Å². The average molecular weight is 377 g/mol. The first kappa shape index (κ1) is 16.6. The molecular formula is C18H20N2O3S2. The molecule has 0 unspecified atom stereocenters. The molecule has 1 amide bonds.